The highest BCUT2D eigenvalue weighted by atomic mass is 15.1. The molecular weight excluding hydrogens is 148 g/mol. The zero-order valence-electron chi connectivity index (χ0n) is 7.90. The summed E-state index contributed by atoms with van der Waals surface area (Å²) in [6, 6.07) is 6.17. The Morgan fingerprint density at radius 1 is 1.08 bits per heavy atom. The Balaban J connectivity index is 2.25. The minimum Gasteiger partial charge on any atom is -0.309 e. The smallest absolute Gasteiger partial charge is 0.168 e. The molecule has 0 unspecified atom stereocenters. The van der Waals surface area contributed by atoms with Gasteiger partial charge in [-0.25, -0.2) is 4.57 Å². The van der Waals surface area contributed by atoms with Crippen LogP contribution in [-0.4, -0.2) is 25.5 Å². The second-order valence-corrected chi connectivity index (χ2v) is 3.27. The summed E-state index contributed by atoms with van der Waals surface area (Å²) >= 11 is 0. The summed E-state index contributed by atoms with van der Waals surface area (Å²) < 4.78 is 2.21. The third-order valence-electron chi connectivity index (χ3n) is 1.80. The van der Waals surface area contributed by atoms with Gasteiger partial charge in [0.15, 0.2) is 12.4 Å². The van der Waals surface area contributed by atoms with Crippen molar-refractivity contribution in [3.05, 3.63) is 30.6 Å². The topological polar surface area (TPSA) is 7.12 Å². The Kier molecular flexibility index (Phi) is 3.74. The Hall–Kier alpha value is -0.890. The van der Waals surface area contributed by atoms with Gasteiger partial charge in [-0.05, 0) is 14.1 Å². The van der Waals surface area contributed by atoms with Crippen LogP contribution >= 0.6 is 0 Å². The maximum atomic E-state index is 2.21. The van der Waals surface area contributed by atoms with Gasteiger partial charge in [0.1, 0.15) is 6.54 Å². The predicted octanol–water partition coefficient (Wildman–Crippen LogP) is 0.926. The van der Waals surface area contributed by atoms with Crippen molar-refractivity contribution in [2.24, 2.45) is 0 Å². The van der Waals surface area contributed by atoms with Crippen molar-refractivity contribution < 1.29 is 4.57 Å². The summed E-state index contributed by atoms with van der Waals surface area (Å²) in [5.74, 6) is 0. The van der Waals surface area contributed by atoms with Crippen LogP contribution in [0.3, 0.4) is 0 Å². The number of hydrogen-bond donors (Lipinski definition) is 0. The average molecular weight is 165 g/mol. The zero-order chi connectivity index (χ0) is 8.81. The number of nitrogens with zero attached hydrogens (tertiary/aromatic N) is 2. The van der Waals surface area contributed by atoms with Gasteiger partial charge in [-0.1, -0.05) is 6.07 Å². The standard InChI is InChI=1S/C10H17N2/c1-11(2)7-6-10-12-8-4-3-5-9-12/h3-5,8-9H,6-7,10H2,1-2H3/q+1. The monoisotopic (exact) mass is 165 g/mol. The van der Waals surface area contributed by atoms with E-state index in [9.17, 15) is 0 Å². The van der Waals surface area contributed by atoms with Gasteiger partial charge in [0.25, 0.3) is 0 Å². The van der Waals surface area contributed by atoms with E-state index < -0.39 is 0 Å². The fourth-order valence-electron chi connectivity index (χ4n) is 1.15. The van der Waals surface area contributed by atoms with E-state index in [4.69, 9.17) is 0 Å². The van der Waals surface area contributed by atoms with Gasteiger partial charge in [-0.3, -0.25) is 0 Å². The van der Waals surface area contributed by atoms with E-state index in [2.05, 4.69) is 48.1 Å². The maximum Gasteiger partial charge on any atom is 0.168 e. The van der Waals surface area contributed by atoms with Crippen molar-refractivity contribution in [1.82, 2.24) is 4.90 Å². The lowest BCUT2D eigenvalue weighted by atomic mass is 10.4. The average Bonchev–Trinajstić information content (AvgIpc) is 2.05. The van der Waals surface area contributed by atoms with Crippen LogP contribution in [0.15, 0.2) is 30.6 Å². The number of pyridine rings is 1. The first-order valence-corrected chi connectivity index (χ1v) is 4.38. The lowest BCUT2D eigenvalue weighted by Gasteiger charge is -2.06. The molecule has 12 heavy (non-hydrogen) atoms. The molecular formula is C10H17N2+. The first kappa shape index (κ1) is 9.20. The molecule has 1 aromatic heterocycles. The molecule has 0 spiro atoms. The molecule has 0 N–H and O–H groups in total. The molecule has 0 saturated heterocycles. The van der Waals surface area contributed by atoms with Crippen molar-refractivity contribution in [3.8, 4) is 0 Å². The third kappa shape index (κ3) is 3.49. The fraction of sp³-hybridized carbons (Fsp3) is 0.500. The SMILES string of the molecule is CN(C)CCC[n+]1ccccc1. The zero-order valence-corrected chi connectivity index (χ0v) is 7.90. The third-order valence-corrected chi connectivity index (χ3v) is 1.80. The highest BCUT2D eigenvalue weighted by Gasteiger charge is 1.97. The summed E-state index contributed by atoms with van der Waals surface area (Å²) in [5.41, 5.74) is 0. The first-order valence-electron chi connectivity index (χ1n) is 4.38. The van der Waals surface area contributed by atoms with Crippen molar-refractivity contribution in [2.75, 3.05) is 20.6 Å². The molecule has 0 aliphatic heterocycles. The predicted molar refractivity (Wildman–Crippen MR) is 49.8 cm³/mol. The molecule has 0 aliphatic rings. The lowest BCUT2D eigenvalue weighted by molar-refractivity contribution is -0.697. The molecule has 2 heteroatoms. The highest BCUT2D eigenvalue weighted by molar-refractivity contribution is 4.83. The Bertz CT molecular complexity index is 206. The van der Waals surface area contributed by atoms with Crippen molar-refractivity contribution >= 4 is 0 Å². The summed E-state index contributed by atoms with van der Waals surface area (Å²) in [5, 5.41) is 0. The second kappa shape index (κ2) is 4.88. The van der Waals surface area contributed by atoms with Gasteiger partial charge >= 0.3 is 0 Å². The number of hydrogen-bond acceptors (Lipinski definition) is 1. The lowest BCUT2D eigenvalue weighted by Crippen LogP contribution is -2.33. The molecule has 0 aromatic carbocycles. The molecule has 2 nitrogen and oxygen atoms in total. The molecule has 0 bridgehead atoms. The highest BCUT2D eigenvalue weighted by Crippen LogP contribution is 1.84. The van der Waals surface area contributed by atoms with Gasteiger partial charge in [0.05, 0.1) is 0 Å². The van der Waals surface area contributed by atoms with E-state index >= 15 is 0 Å². The molecule has 0 fully saturated rings. The molecule has 66 valence electrons. The van der Waals surface area contributed by atoms with Gasteiger partial charge < -0.3 is 4.90 Å². The molecule has 1 aromatic rings. The van der Waals surface area contributed by atoms with Gasteiger partial charge in [-0.2, -0.15) is 0 Å². The molecule has 0 radical (unpaired) electrons. The molecule has 1 rings (SSSR count). The van der Waals surface area contributed by atoms with Crippen molar-refractivity contribution in [1.29, 1.82) is 0 Å². The molecule has 0 saturated carbocycles. The first-order chi connectivity index (χ1) is 5.79. The van der Waals surface area contributed by atoms with Crippen LogP contribution < -0.4 is 4.57 Å². The summed E-state index contributed by atoms with van der Waals surface area (Å²) in [6.45, 7) is 2.26. The van der Waals surface area contributed by atoms with Crippen LogP contribution in [0, 0.1) is 0 Å². The summed E-state index contributed by atoms with van der Waals surface area (Å²) in [7, 11) is 4.21. The van der Waals surface area contributed by atoms with Crippen LogP contribution in [-0.2, 0) is 6.54 Å². The molecule has 0 amide bonds. The summed E-state index contributed by atoms with van der Waals surface area (Å²) in [6.07, 6.45) is 5.42. The molecule has 0 atom stereocenters. The second-order valence-electron chi connectivity index (χ2n) is 3.27. The Morgan fingerprint density at radius 3 is 2.33 bits per heavy atom. The van der Waals surface area contributed by atoms with Crippen LogP contribution in [0.5, 0.6) is 0 Å². The van der Waals surface area contributed by atoms with Gasteiger partial charge in [0.2, 0.25) is 0 Å². The quantitative estimate of drug-likeness (QED) is 0.602. The number of rotatable bonds is 4. The fourth-order valence-corrected chi connectivity index (χ4v) is 1.15. The van der Waals surface area contributed by atoms with E-state index in [0.29, 0.717) is 0 Å². The Labute approximate surface area is 74.4 Å². The van der Waals surface area contributed by atoms with E-state index in [1.807, 2.05) is 6.07 Å². The van der Waals surface area contributed by atoms with Crippen molar-refractivity contribution in [2.45, 2.75) is 13.0 Å². The minimum atomic E-state index is 1.11. The van der Waals surface area contributed by atoms with Gasteiger partial charge in [-0.15, -0.1) is 0 Å². The molecule has 0 aliphatic carbocycles. The maximum absolute atomic E-state index is 2.21. The van der Waals surface area contributed by atoms with E-state index in [1.54, 1.807) is 0 Å². The Morgan fingerprint density at radius 2 is 1.75 bits per heavy atom. The molecule has 1 heterocycles. The normalized spacial score (nSPS) is 10.6. The van der Waals surface area contributed by atoms with Crippen LogP contribution in [0.4, 0.5) is 0 Å². The van der Waals surface area contributed by atoms with E-state index in [0.717, 1.165) is 13.1 Å². The number of aryl methyl sites for hydroxylation is 1. The van der Waals surface area contributed by atoms with Crippen LogP contribution in [0.25, 0.3) is 0 Å². The van der Waals surface area contributed by atoms with Crippen LogP contribution in [0.2, 0.25) is 0 Å². The van der Waals surface area contributed by atoms with Crippen LogP contribution in [0.1, 0.15) is 6.42 Å². The van der Waals surface area contributed by atoms with Gasteiger partial charge in [0, 0.05) is 25.1 Å². The van der Waals surface area contributed by atoms with E-state index in [-0.39, 0.29) is 0 Å². The van der Waals surface area contributed by atoms with E-state index in [1.165, 1.54) is 6.42 Å². The summed E-state index contributed by atoms with van der Waals surface area (Å²) in [4.78, 5) is 2.21. The largest absolute Gasteiger partial charge is 0.309 e. The number of aromatic nitrogens is 1. The minimum absolute atomic E-state index is 1.11. The van der Waals surface area contributed by atoms with Crippen molar-refractivity contribution in [3.63, 3.8) is 0 Å².